The molecule has 5 heteroatoms. The maximum absolute atomic E-state index is 13.4. The molecule has 1 aromatic carbocycles. The van der Waals surface area contributed by atoms with E-state index in [1.807, 2.05) is 19.0 Å². The van der Waals surface area contributed by atoms with Crippen molar-refractivity contribution in [3.05, 3.63) is 17.9 Å². The van der Waals surface area contributed by atoms with E-state index in [0.717, 1.165) is 25.2 Å². The van der Waals surface area contributed by atoms with Crippen LogP contribution in [0.4, 0.5) is 15.8 Å². The molecule has 0 atom stereocenters. The van der Waals surface area contributed by atoms with Crippen LogP contribution in [0.25, 0.3) is 0 Å². The number of rotatable bonds is 6. The smallest absolute Gasteiger partial charge is 0.167 e. The molecule has 3 N–H and O–H groups in total. The molecule has 0 heterocycles. The fourth-order valence-electron chi connectivity index (χ4n) is 1.66. The molecule has 0 amide bonds. The van der Waals surface area contributed by atoms with Gasteiger partial charge in [0.1, 0.15) is 0 Å². The summed E-state index contributed by atoms with van der Waals surface area (Å²) in [5.74, 6) is -0.216. The lowest BCUT2D eigenvalue weighted by Crippen LogP contribution is -2.23. The number of nitrogens with two attached hydrogens (primary N) is 1. The molecule has 0 aliphatic heterocycles. The summed E-state index contributed by atoms with van der Waals surface area (Å²) in [6.45, 7) is 1.78. The average Bonchev–Trinajstić information content (AvgIpc) is 2.29. The Hall–Kier alpha value is -1.49. The molecule has 1 rings (SSSR count). The number of nitrogen functional groups attached to an aromatic ring is 1. The zero-order chi connectivity index (χ0) is 12.8. The van der Waals surface area contributed by atoms with Crippen molar-refractivity contribution in [2.45, 2.75) is 6.42 Å². The van der Waals surface area contributed by atoms with Crippen LogP contribution in [0.15, 0.2) is 12.1 Å². The molecule has 0 saturated heterocycles. The summed E-state index contributed by atoms with van der Waals surface area (Å²) < 4.78 is 18.3. The number of hydrogen-bond acceptors (Lipinski definition) is 4. The molecule has 0 unspecified atom stereocenters. The van der Waals surface area contributed by atoms with Crippen LogP contribution in [0.3, 0.4) is 0 Å². The molecule has 0 aliphatic carbocycles. The molecule has 0 spiro atoms. The first kappa shape index (κ1) is 13.6. The van der Waals surface area contributed by atoms with Gasteiger partial charge in [-0.25, -0.2) is 4.39 Å². The van der Waals surface area contributed by atoms with Gasteiger partial charge in [-0.2, -0.15) is 0 Å². The standard InChI is InChI=1S/C12H20FN3O/c1-15-5-4-6-16(2)11-8-12(17-3)9(13)7-10(11)14/h7-8,15H,4-6,14H2,1-3H3. The topological polar surface area (TPSA) is 50.5 Å². The molecule has 0 radical (unpaired) electrons. The van der Waals surface area contributed by atoms with Crippen molar-refractivity contribution in [3.63, 3.8) is 0 Å². The number of ether oxygens (including phenoxy) is 1. The first-order valence-corrected chi connectivity index (χ1v) is 5.59. The van der Waals surface area contributed by atoms with E-state index in [4.69, 9.17) is 10.5 Å². The second-order valence-electron chi connectivity index (χ2n) is 3.92. The molecule has 0 aromatic heterocycles. The van der Waals surface area contributed by atoms with Gasteiger partial charge in [-0.15, -0.1) is 0 Å². The highest BCUT2D eigenvalue weighted by Gasteiger charge is 2.11. The summed E-state index contributed by atoms with van der Waals surface area (Å²) in [7, 11) is 5.29. The van der Waals surface area contributed by atoms with E-state index in [2.05, 4.69) is 5.32 Å². The van der Waals surface area contributed by atoms with Gasteiger partial charge in [-0.05, 0) is 20.0 Å². The van der Waals surface area contributed by atoms with Crippen LogP contribution in [0, 0.1) is 5.82 Å². The molecule has 4 nitrogen and oxygen atoms in total. The van der Waals surface area contributed by atoms with Gasteiger partial charge in [0.25, 0.3) is 0 Å². The van der Waals surface area contributed by atoms with Crippen LogP contribution in [0.2, 0.25) is 0 Å². The Kier molecular flexibility index (Phi) is 5.03. The highest BCUT2D eigenvalue weighted by molar-refractivity contribution is 5.69. The van der Waals surface area contributed by atoms with Gasteiger partial charge in [-0.3, -0.25) is 0 Å². The second-order valence-corrected chi connectivity index (χ2v) is 3.92. The Morgan fingerprint density at radius 3 is 2.76 bits per heavy atom. The molecule has 0 saturated carbocycles. The summed E-state index contributed by atoms with van der Waals surface area (Å²) in [4.78, 5) is 1.99. The van der Waals surface area contributed by atoms with Crippen molar-refractivity contribution in [2.75, 3.05) is 44.9 Å². The van der Waals surface area contributed by atoms with Gasteiger partial charge < -0.3 is 20.7 Å². The third kappa shape index (κ3) is 3.49. The summed E-state index contributed by atoms with van der Waals surface area (Å²) >= 11 is 0. The van der Waals surface area contributed by atoms with Crippen LogP contribution in [-0.4, -0.2) is 34.3 Å². The van der Waals surface area contributed by atoms with Gasteiger partial charge in [0.15, 0.2) is 11.6 Å². The number of nitrogens with one attached hydrogen (secondary N) is 1. The lowest BCUT2D eigenvalue weighted by Gasteiger charge is -2.21. The monoisotopic (exact) mass is 241 g/mol. The third-order valence-corrected chi connectivity index (χ3v) is 2.63. The summed E-state index contributed by atoms with van der Waals surface area (Å²) in [6, 6.07) is 2.92. The second kappa shape index (κ2) is 6.30. The fourth-order valence-corrected chi connectivity index (χ4v) is 1.66. The Morgan fingerprint density at radius 2 is 2.18 bits per heavy atom. The Balaban J connectivity index is 2.81. The molecule has 1 aromatic rings. The highest BCUT2D eigenvalue weighted by Crippen LogP contribution is 2.30. The van der Waals surface area contributed by atoms with Gasteiger partial charge >= 0.3 is 0 Å². The van der Waals surface area contributed by atoms with E-state index in [9.17, 15) is 4.39 Å². The summed E-state index contributed by atoms with van der Waals surface area (Å²) in [5.41, 5.74) is 7.01. The van der Waals surface area contributed by atoms with E-state index in [0.29, 0.717) is 5.69 Å². The molecule has 17 heavy (non-hydrogen) atoms. The Bertz CT molecular complexity index is 371. The van der Waals surface area contributed by atoms with Crippen LogP contribution in [0.1, 0.15) is 6.42 Å². The Morgan fingerprint density at radius 1 is 1.47 bits per heavy atom. The summed E-state index contributed by atoms with van der Waals surface area (Å²) in [6.07, 6.45) is 0.992. The predicted octanol–water partition coefficient (Wildman–Crippen LogP) is 1.46. The van der Waals surface area contributed by atoms with Crippen LogP contribution in [-0.2, 0) is 0 Å². The first-order valence-electron chi connectivity index (χ1n) is 5.59. The highest BCUT2D eigenvalue weighted by atomic mass is 19.1. The molecule has 96 valence electrons. The SMILES string of the molecule is CNCCCN(C)c1cc(OC)c(F)cc1N. The maximum atomic E-state index is 13.4. The average molecular weight is 241 g/mol. The quantitative estimate of drug-likeness (QED) is 0.585. The van der Waals surface area contributed by atoms with Gasteiger partial charge in [-0.1, -0.05) is 0 Å². The molecule has 0 fully saturated rings. The first-order chi connectivity index (χ1) is 8.10. The largest absolute Gasteiger partial charge is 0.494 e. The lowest BCUT2D eigenvalue weighted by molar-refractivity contribution is 0.387. The van der Waals surface area contributed by atoms with E-state index in [-0.39, 0.29) is 5.75 Å². The fraction of sp³-hybridized carbons (Fsp3) is 0.500. The third-order valence-electron chi connectivity index (χ3n) is 2.63. The normalized spacial score (nSPS) is 10.4. The number of halogens is 1. The zero-order valence-corrected chi connectivity index (χ0v) is 10.6. The van der Waals surface area contributed by atoms with Crippen molar-refractivity contribution in [1.82, 2.24) is 5.32 Å². The van der Waals surface area contributed by atoms with Crippen molar-refractivity contribution < 1.29 is 9.13 Å². The number of methoxy groups -OCH3 is 1. The van der Waals surface area contributed by atoms with Crippen molar-refractivity contribution in [1.29, 1.82) is 0 Å². The summed E-state index contributed by atoms with van der Waals surface area (Å²) in [5, 5.41) is 3.08. The minimum absolute atomic E-state index is 0.217. The van der Waals surface area contributed by atoms with Crippen LogP contribution in [0.5, 0.6) is 5.75 Å². The van der Waals surface area contributed by atoms with Crippen molar-refractivity contribution in [2.24, 2.45) is 0 Å². The molecule has 0 bridgehead atoms. The molecular weight excluding hydrogens is 221 g/mol. The van der Waals surface area contributed by atoms with Crippen molar-refractivity contribution >= 4 is 11.4 Å². The van der Waals surface area contributed by atoms with E-state index in [1.54, 1.807) is 6.07 Å². The van der Waals surface area contributed by atoms with E-state index >= 15 is 0 Å². The van der Waals surface area contributed by atoms with Gasteiger partial charge in [0.05, 0.1) is 18.5 Å². The maximum Gasteiger partial charge on any atom is 0.167 e. The number of benzene rings is 1. The molecule has 0 aliphatic rings. The van der Waals surface area contributed by atoms with Gasteiger partial charge in [0.2, 0.25) is 0 Å². The van der Waals surface area contributed by atoms with E-state index < -0.39 is 5.82 Å². The molecular formula is C12H20FN3O. The lowest BCUT2D eigenvalue weighted by atomic mass is 10.2. The van der Waals surface area contributed by atoms with Crippen LogP contribution >= 0.6 is 0 Å². The zero-order valence-electron chi connectivity index (χ0n) is 10.6. The van der Waals surface area contributed by atoms with Gasteiger partial charge in [0, 0.05) is 25.7 Å². The number of anilines is 2. The van der Waals surface area contributed by atoms with Crippen LogP contribution < -0.4 is 20.7 Å². The predicted molar refractivity (Wildman–Crippen MR) is 69.2 cm³/mol. The number of hydrogen-bond donors (Lipinski definition) is 2. The number of nitrogens with zero attached hydrogens (tertiary/aromatic N) is 1. The minimum atomic E-state index is -0.433. The Labute approximate surface area is 102 Å². The minimum Gasteiger partial charge on any atom is -0.494 e. The van der Waals surface area contributed by atoms with E-state index in [1.165, 1.54) is 13.2 Å². The van der Waals surface area contributed by atoms with Crippen molar-refractivity contribution in [3.8, 4) is 5.75 Å².